The first kappa shape index (κ1) is 36.8. The molecule has 4 N–H and O–H groups in total. The van der Waals surface area contributed by atoms with E-state index in [9.17, 15) is 20.1 Å². The molecule has 0 radical (unpaired) electrons. The van der Waals surface area contributed by atoms with E-state index in [-0.39, 0.29) is 24.0 Å². The molecule has 6 nitrogen and oxygen atoms in total. The van der Waals surface area contributed by atoms with Crippen molar-refractivity contribution in [2.24, 2.45) is 56.7 Å². The number of carboxylic acids is 1. The van der Waals surface area contributed by atoms with Crippen LogP contribution >= 0.6 is 0 Å². The number of hydrogen-bond acceptors (Lipinski definition) is 5. The van der Waals surface area contributed by atoms with Crippen LogP contribution in [0.2, 0.25) is 0 Å². The molecule has 0 bridgehead atoms. The number of nitrogens with zero attached hydrogens (tertiary/aromatic N) is 1. The summed E-state index contributed by atoms with van der Waals surface area (Å²) in [5.74, 6) is 2.40. The lowest BCUT2D eigenvalue weighted by Gasteiger charge is -2.72. The fourth-order valence-electron chi connectivity index (χ4n) is 13.7. The standard InChI is InChI=1S/C43H66N2O4/c1-29(2)32-14-19-43(28-44-22-23-45(24-26-46)25-27-47)21-20-41(6)34(37(32)43)12-13-36-40(5)17-15-33(30-8-10-31(11-9-30)38(48)49)39(3,4)35(40)16-18-42(36,41)7/h8-11,15,32,34-37,44,46-47H,1,12-14,16-28H2,2-7H3,(H,48,49). The van der Waals surface area contributed by atoms with Crippen LogP contribution in [0, 0.1) is 56.7 Å². The molecular formula is C43H66N2O4. The van der Waals surface area contributed by atoms with Crippen LogP contribution in [-0.2, 0) is 0 Å². The summed E-state index contributed by atoms with van der Waals surface area (Å²) in [6.45, 7) is 24.2. The van der Waals surface area contributed by atoms with Gasteiger partial charge in [-0.1, -0.05) is 65.0 Å². The van der Waals surface area contributed by atoms with E-state index in [1.807, 2.05) is 12.1 Å². The SMILES string of the molecule is C=C(C)C1CCC2(CNCCN(CCO)CCO)CCC3(C)C(CCC4C5(C)CC=C(c6ccc(C(=O)O)cc6)C(C)(C)C5CCC43C)C12. The fourth-order valence-corrected chi connectivity index (χ4v) is 13.7. The monoisotopic (exact) mass is 675 g/mol. The molecule has 49 heavy (non-hydrogen) atoms. The van der Waals surface area contributed by atoms with Gasteiger partial charge < -0.3 is 20.6 Å². The van der Waals surface area contributed by atoms with Crippen molar-refractivity contribution >= 4 is 11.5 Å². The van der Waals surface area contributed by atoms with Crippen LogP contribution in [-0.4, -0.2) is 72.1 Å². The van der Waals surface area contributed by atoms with Gasteiger partial charge in [0.25, 0.3) is 0 Å². The van der Waals surface area contributed by atoms with Gasteiger partial charge in [0.15, 0.2) is 0 Å². The number of fused-ring (bicyclic) bond motifs is 7. The van der Waals surface area contributed by atoms with Crippen molar-refractivity contribution in [3.63, 3.8) is 0 Å². The van der Waals surface area contributed by atoms with Crippen molar-refractivity contribution in [3.05, 3.63) is 53.6 Å². The fraction of sp³-hybridized carbons (Fsp3) is 0.744. The Morgan fingerprint density at radius 3 is 2.20 bits per heavy atom. The van der Waals surface area contributed by atoms with Gasteiger partial charge in [-0.25, -0.2) is 4.79 Å². The van der Waals surface area contributed by atoms with Gasteiger partial charge in [-0.15, -0.1) is 0 Å². The van der Waals surface area contributed by atoms with Crippen molar-refractivity contribution in [2.45, 2.75) is 99.3 Å². The van der Waals surface area contributed by atoms with E-state index >= 15 is 0 Å². The Morgan fingerprint density at radius 2 is 1.57 bits per heavy atom. The van der Waals surface area contributed by atoms with Gasteiger partial charge in [0.05, 0.1) is 18.8 Å². The number of aliphatic hydroxyl groups is 2. The summed E-state index contributed by atoms with van der Waals surface area (Å²) in [5.41, 5.74) is 5.49. The predicted molar refractivity (Wildman–Crippen MR) is 199 cm³/mol. The minimum Gasteiger partial charge on any atom is -0.478 e. The van der Waals surface area contributed by atoms with Crippen molar-refractivity contribution in [1.82, 2.24) is 10.2 Å². The van der Waals surface area contributed by atoms with Crippen LogP contribution in [0.25, 0.3) is 5.57 Å². The molecule has 0 aromatic heterocycles. The third kappa shape index (κ3) is 5.89. The molecule has 0 amide bonds. The van der Waals surface area contributed by atoms with Crippen LogP contribution < -0.4 is 5.32 Å². The maximum atomic E-state index is 11.5. The third-order valence-corrected chi connectivity index (χ3v) is 16.2. The highest BCUT2D eigenvalue weighted by molar-refractivity contribution is 5.88. The Balaban J connectivity index is 1.26. The Kier molecular flexibility index (Phi) is 10.2. The molecule has 4 saturated carbocycles. The quantitative estimate of drug-likeness (QED) is 0.133. The molecule has 9 unspecified atom stereocenters. The van der Waals surface area contributed by atoms with Crippen LogP contribution in [0.4, 0.5) is 0 Å². The Hall–Kier alpha value is -1.99. The molecule has 0 spiro atoms. The van der Waals surface area contributed by atoms with Crippen molar-refractivity contribution in [2.75, 3.05) is 45.9 Å². The van der Waals surface area contributed by atoms with Crippen molar-refractivity contribution < 1.29 is 20.1 Å². The summed E-state index contributed by atoms with van der Waals surface area (Å²) >= 11 is 0. The second-order valence-electron chi connectivity index (χ2n) is 18.4. The van der Waals surface area contributed by atoms with Gasteiger partial charge in [0, 0.05) is 32.7 Å². The van der Waals surface area contributed by atoms with E-state index < -0.39 is 5.97 Å². The molecule has 5 aliphatic carbocycles. The number of carboxylic acid groups (broad SMARTS) is 1. The highest BCUT2D eigenvalue weighted by atomic mass is 16.4. The van der Waals surface area contributed by atoms with E-state index in [2.05, 4.69) is 64.4 Å². The largest absolute Gasteiger partial charge is 0.478 e. The lowest BCUT2D eigenvalue weighted by Crippen LogP contribution is -2.65. The zero-order chi connectivity index (χ0) is 35.4. The summed E-state index contributed by atoms with van der Waals surface area (Å²) in [4.78, 5) is 13.7. The highest BCUT2D eigenvalue weighted by Crippen LogP contribution is 2.77. The number of allylic oxidation sites excluding steroid dienone is 3. The zero-order valence-corrected chi connectivity index (χ0v) is 31.5. The minimum absolute atomic E-state index is 0.0185. The second kappa shape index (κ2) is 13.5. The normalized spacial score (nSPS) is 39.4. The minimum atomic E-state index is -0.866. The smallest absolute Gasteiger partial charge is 0.335 e. The predicted octanol–water partition coefficient (Wildman–Crippen LogP) is 7.91. The molecule has 6 rings (SSSR count). The molecule has 1 aromatic rings. The Morgan fingerprint density at radius 1 is 0.878 bits per heavy atom. The van der Waals surface area contributed by atoms with Gasteiger partial charge >= 0.3 is 5.97 Å². The maximum Gasteiger partial charge on any atom is 0.335 e. The van der Waals surface area contributed by atoms with Gasteiger partial charge in [0.2, 0.25) is 0 Å². The first-order chi connectivity index (χ1) is 23.2. The third-order valence-electron chi connectivity index (χ3n) is 16.2. The molecule has 6 heteroatoms. The number of aromatic carboxylic acids is 1. The number of aliphatic hydroxyl groups excluding tert-OH is 2. The molecule has 4 fully saturated rings. The number of benzene rings is 1. The number of rotatable bonds is 12. The average molecular weight is 675 g/mol. The van der Waals surface area contributed by atoms with E-state index in [0.717, 1.165) is 26.1 Å². The van der Waals surface area contributed by atoms with Crippen LogP contribution in [0.3, 0.4) is 0 Å². The van der Waals surface area contributed by atoms with Crippen LogP contribution in [0.5, 0.6) is 0 Å². The first-order valence-corrected chi connectivity index (χ1v) is 19.5. The summed E-state index contributed by atoms with van der Waals surface area (Å²) in [7, 11) is 0. The molecular weight excluding hydrogens is 608 g/mol. The van der Waals surface area contributed by atoms with E-state index in [4.69, 9.17) is 0 Å². The lowest BCUT2D eigenvalue weighted by molar-refractivity contribution is -0.225. The molecule has 272 valence electrons. The number of nitrogens with one attached hydrogen (secondary N) is 1. The molecule has 0 heterocycles. The number of carbonyl (C=O) groups is 1. The molecule has 0 saturated heterocycles. The zero-order valence-electron chi connectivity index (χ0n) is 31.5. The van der Waals surface area contributed by atoms with E-state index in [1.165, 1.54) is 68.1 Å². The number of hydrogen-bond donors (Lipinski definition) is 4. The van der Waals surface area contributed by atoms with E-state index in [0.29, 0.717) is 64.5 Å². The molecule has 0 aliphatic heterocycles. The second-order valence-corrected chi connectivity index (χ2v) is 18.4. The van der Waals surface area contributed by atoms with Crippen LogP contribution in [0.1, 0.15) is 115 Å². The Labute approximate surface area is 296 Å². The van der Waals surface area contributed by atoms with Gasteiger partial charge in [-0.2, -0.15) is 0 Å². The van der Waals surface area contributed by atoms with Gasteiger partial charge in [-0.05, 0) is 145 Å². The van der Waals surface area contributed by atoms with E-state index in [1.54, 1.807) is 12.1 Å². The topological polar surface area (TPSA) is 93.0 Å². The van der Waals surface area contributed by atoms with Crippen molar-refractivity contribution in [3.8, 4) is 0 Å². The molecule has 1 aromatic carbocycles. The van der Waals surface area contributed by atoms with Gasteiger partial charge in [-0.3, -0.25) is 4.90 Å². The lowest BCUT2D eigenvalue weighted by atomic mass is 9.32. The van der Waals surface area contributed by atoms with Gasteiger partial charge in [0.1, 0.15) is 0 Å². The van der Waals surface area contributed by atoms with Crippen LogP contribution in [0.15, 0.2) is 42.5 Å². The summed E-state index contributed by atoms with van der Waals surface area (Å²) < 4.78 is 0. The molecule has 9 atom stereocenters. The summed E-state index contributed by atoms with van der Waals surface area (Å²) in [6.07, 6.45) is 14.0. The maximum absolute atomic E-state index is 11.5. The highest BCUT2D eigenvalue weighted by Gasteiger charge is 2.70. The first-order valence-electron chi connectivity index (χ1n) is 19.5. The Bertz CT molecular complexity index is 1410. The summed E-state index contributed by atoms with van der Waals surface area (Å²) in [5, 5.41) is 32.4. The average Bonchev–Trinajstić information content (AvgIpc) is 3.43. The van der Waals surface area contributed by atoms with Crippen molar-refractivity contribution in [1.29, 1.82) is 0 Å². The summed E-state index contributed by atoms with van der Waals surface area (Å²) in [6, 6.07) is 7.60. The molecule has 5 aliphatic rings.